The monoisotopic (exact) mass is 491 g/mol. The van der Waals surface area contributed by atoms with Gasteiger partial charge in [-0.1, -0.05) is 42.5 Å². The normalized spacial score (nSPS) is 13.8. The van der Waals surface area contributed by atoms with Crippen LogP contribution in [0.4, 0.5) is 5.69 Å². The maximum Gasteiger partial charge on any atom is 0.254 e. The summed E-state index contributed by atoms with van der Waals surface area (Å²) in [5.41, 5.74) is 0.926. The molecule has 9 heteroatoms. The lowest BCUT2D eigenvalue weighted by molar-refractivity contribution is -0.125. The largest absolute Gasteiger partial charge is 0.497 e. The Morgan fingerprint density at radius 2 is 1.61 bits per heavy atom. The number of benzene rings is 2. The van der Waals surface area contributed by atoms with Gasteiger partial charge in [-0.05, 0) is 55.3 Å². The summed E-state index contributed by atoms with van der Waals surface area (Å²) in [6.45, 7) is -0.357. The van der Waals surface area contributed by atoms with E-state index < -0.39 is 5.91 Å². The van der Waals surface area contributed by atoms with Gasteiger partial charge in [-0.2, -0.15) is 0 Å². The van der Waals surface area contributed by atoms with E-state index in [-0.39, 0.29) is 30.9 Å². The van der Waals surface area contributed by atoms with Gasteiger partial charge in [0.1, 0.15) is 12.3 Å². The van der Waals surface area contributed by atoms with E-state index in [9.17, 15) is 14.4 Å². The standard InChI is InChI=1S/C24H27Cl2N3O4/c1-33-21-9-7-19(8-10-21)28-22(30)14-27-23(31)15-29(20-5-3-2-4-6-20)24(32)16-11-17(25)13-18(26)12-16/h7-13,20H,2-6,14-15H2,1H3,(H,27,31)(H,28,30). The zero-order valence-corrected chi connectivity index (χ0v) is 19.9. The van der Waals surface area contributed by atoms with Gasteiger partial charge in [0.2, 0.25) is 11.8 Å². The first kappa shape index (κ1) is 24.9. The number of rotatable bonds is 8. The lowest BCUT2D eigenvalue weighted by Crippen LogP contribution is -2.48. The molecule has 0 spiro atoms. The topological polar surface area (TPSA) is 87.7 Å². The third-order valence-electron chi connectivity index (χ3n) is 5.52. The molecule has 0 radical (unpaired) electrons. The summed E-state index contributed by atoms with van der Waals surface area (Å²) in [6.07, 6.45) is 4.75. The van der Waals surface area contributed by atoms with Crippen molar-refractivity contribution in [3.05, 3.63) is 58.1 Å². The second-order valence-electron chi connectivity index (χ2n) is 7.94. The molecule has 0 unspecified atom stereocenters. The van der Waals surface area contributed by atoms with E-state index in [2.05, 4.69) is 10.6 Å². The third-order valence-corrected chi connectivity index (χ3v) is 5.96. The van der Waals surface area contributed by atoms with Gasteiger partial charge >= 0.3 is 0 Å². The molecule has 2 aromatic carbocycles. The van der Waals surface area contributed by atoms with E-state index in [0.717, 1.165) is 32.1 Å². The van der Waals surface area contributed by atoms with Crippen molar-refractivity contribution in [3.8, 4) is 5.75 Å². The summed E-state index contributed by atoms with van der Waals surface area (Å²) in [5, 5.41) is 6.02. The highest BCUT2D eigenvalue weighted by Crippen LogP contribution is 2.26. The average molecular weight is 492 g/mol. The Balaban J connectivity index is 1.61. The number of methoxy groups -OCH3 is 1. The predicted molar refractivity (Wildman–Crippen MR) is 129 cm³/mol. The number of nitrogens with one attached hydrogen (secondary N) is 2. The van der Waals surface area contributed by atoms with Crippen LogP contribution in [0.15, 0.2) is 42.5 Å². The molecule has 0 bridgehead atoms. The van der Waals surface area contributed by atoms with E-state index >= 15 is 0 Å². The number of anilines is 1. The van der Waals surface area contributed by atoms with E-state index in [4.69, 9.17) is 27.9 Å². The fourth-order valence-electron chi connectivity index (χ4n) is 3.87. The Bertz CT molecular complexity index is 971. The van der Waals surface area contributed by atoms with Gasteiger partial charge in [-0.25, -0.2) is 0 Å². The minimum atomic E-state index is -0.410. The maximum atomic E-state index is 13.3. The first-order chi connectivity index (χ1) is 15.9. The summed E-state index contributed by atoms with van der Waals surface area (Å²) < 4.78 is 5.09. The molecule has 0 aliphatic heterocycles. The summed E-state index contributed by atoms with van der Waals surface area (Å²) in [7, 11) is 1.56. The summed E-state index contributed by atoms with van der Waals surface area (Å²) in [5.74, 6) is -0.406. The minimum absolute atomic E-state index is 0.0529. The number of carbonyl (C=O) groups is 3. The molecule has 1 fully saturated rings. The van der Waals surface area contributed by atoms with Crippen molar-refractivity contribution in [1.82, 2.24) is 10.2 Å². The number of hydrogen-bond donors (Lipinski definition) is 2. The second-order valence-corrected chi connectivity index (χ2v) is 8.81. The van der Waals surface area contributed by atoms with E-state index in [1.807, 2.05) is 0 Å². The first-order valence-corrected chi connectivity index (χ1v) is 11.6. The van der Waals surface area contributed by atoms with E-state index in [1.54, 1.807) is 54.5 Å². The molecule has 3 amide bonds. The molecular weight excluding hydrogens is 465 g/mol. The molecule has 1 aliphatic carbocycles. The fourth-order valence-corrected chi connectivity index (χ4v) is 4.40. The number of amides is 3. The van der Waals surface area contributed by atoms with Crippen molar-refractivity contribution in [3.63, 3.8) is 0 Å². The molecule has 0 atom stereocenters. The first-order valence-electron chi connectivity index (χ1n) is 10.8. The smallest absolute Gasteiger partial charge is 0.254 e. The molecule has 7 nitrogen and oxygen atoms in total. The Morgan fingerprint density at radius 3 is 2.21 bits per heavy atom. The van der Waals surface area contributed by atoms with Gasteiger partial charge < -0.3 is 20.3 Å². The van der Waals surface area contributed by atoms with Gasteiger partial charge in [0, 0.05) is 27.3 Å². The Morgan fingerprint density at radius 1 is 0.970 bits per heavy atom. The Kier molecular flexibility index (Phi) is 8.97. The molecule has 176 valence electrons. The van der Waals surface area contributed by atoms with Crippen LogP contribution >= 0.6 is 23.2 Å². The van der Waals surface area contributed by atoms with Gasteiger partial charge in [-0.15, -0.1) is 0 Å². The number of carbonyl (C=O) groups excluding carboxylic acids is 3. The fraction of sp³-hybridized carbons (Fsp3) is 0.375. The Hall–Kier alpha value is -2.77. The molecule has 3 rings (SSSR count). The number of ether oxygens (including phenoxy) is 1. The number of nitrogens with zero attached hydrogens (tertiary/aromatic N) is 1. The molecule has 2 aromatic rings. The Labute approximate surface area is 203 Å². The predicted octanol–water partition coefficient (Wildman–Crippen LogP) is 4.53. The van der Waals surface area contributed by atoms with Gasteiger partial charge in [0.05, 0.1) is 13.7 Å². The van der Waals surface area contributed by atoms with Crippen molar-refractivity contribution < 1.29 is 19.1 Å². The van der Waals surface area contributed by atoms with Crippen molar-refractivity contribution in [2.75, 3.05) is 25.5 Å². The van der Waals surface area contributed by atoms with Crippen LogP contribution in [-0.2, 0) is 9.59 Å². The quantitative estimate of drug-likeness (QED) is 0.567. The lowest BCUT2D eigenvalue weighted by Gasteiger charge is -2.34. The summed E-state index contributed by atoms with van der Waals surface area (Å²) in [6, 6.07) is 11.5. The maximum absolute atomic E-state index is 13.3. The van der Waals surface area contributed by atoms with Crippen LogP contribution < -0.4 is 15.4 Å². The highest BCUT2D eigenvalue weighted by Gasteiger charge is 2.28. The van der Waals surface area contributed by atoms with Crippen molar-refractivity contribution in [1.29, 1.82) is 0 Å². The van der Waals surface area contributed by atoms with Crippen LogP contribution in [0.5, 0.6) is 5.75 Å². The molecule has 2 N–H and O–H groups in total. The van der Waals surface area contributed by atoms with Crippen molar-refractivity contribution in [2.24, 2.45) is 0 Å². The SMILES string of the molecule is COc1ccc(NC(=O)CNC(=O)CN(C(=O)c2cc(Cl)cc(Cl)c2)C2CCCCC2)cc1. The van der Waals surface area contributed by atoms with Crippen molar-refractivity contribution in [2.45, 2.75) is 38.1 Å². The second kappa shape index (κ2) is 11.9. The average Bonchev–Trinajstić information content (AvgIpc) is 2.81. The van der Waals surface area contributed by atoms with Gasteiger partial charge in [-0.3, -0.25) is 14.4 Å². The van der Waals surface area contributed by atoms with Gasteiger partial charge in [0.15, 0.2) is 0 Å². The van der Waals surface area contributed by atoms with Crippen molar-refractivity contribution >= 4 is 46.6 Å². The minimum Gasteiger partial charge on any atom is -0.497 e. The van der Waals surface area contributed by atoms with Crippen LogP contribution in [0.1, 0.15) is 42.5 Å². The van der Waals surface area contributed by atoms with Crippen LogP contribution in [0.3, 0.4) is 0 Å². The third kappa shape index (κ3) is 7.37. The van der Waals surface area contributed by atoms with Crippen LogP contribution in [0.25, 0.3) is 0 Å². The molecule has 0 heterocycles. The number of hydrogen-bond acceptors (Lipinski definition) is 4. The molecule has 0 saturated heterocycles. The molecule has 0 aromatic heterocycles. The van der Waals surface area contributed by atoms with Gasteiger partial charge in [0.25, 0.3) is 5.91 Å². The zero-order chi connectivity index (χ0) is 23.8. The molecular formula is C24H27Cl2N3O4. The zero-order valence-electron chi connectivity index (χ0n) is 18.4. The lowest BCUT2D eigenvalue weighted by atomic mass is 9.93. The highest BCUT2D eigenvalue weighted by atomic mass is 35.5. The molecule has 1 saturated carbocycles. The highest BCUT2D eigenvalue weighted by molar-refractivity contribution is 6.35. The number of halogens is 2. The summed E-state index contributed by atoms with van der Waals surface area (Å²) in [4.78, 5) is 39.7. The van der Waals surface area contributed by atoms with Crippen LogP contribution in [-0.4, -0.2) is 48.9 Å². The van der Waals surface area contributed by atoms with E-state index in [1.165, 1.54) is 0 Å². The van der Waals surface area contributed by atoms with E-state index in [0.29, 0.717) is 27.0 Å². The summed E-state index contributed by atoms with van der Waals surface area (Å²) >= 11 is 12.1. The van der Waals surface area contributed by atoms with Crippen LogP contribution in [0, 0.1) is 0 Å². The molecule has 1 aliphatic rings. The van der Waals surface area contributed by atoms with Crippen LogP contribution in [0.2, 0.25) is 10.0 Å². The molecule has 33 heavy (non-hydrogen) atoms.